The molecule has 1 saturated heterocycles. The van der Waals surface area contributed by atoms with Crippen LogP contribution in [0.3, 0.4) is 0 Å². The predicted molar refractivity (Wildman–Crippen MR) is 100 cm³/mol. The average Bonchev–Trinajstić information content (AvgIpc) is 2.62. The van der Waals surface area contributed by atoms with Crippen LogP contribution in [0.2, 0.25) is 0 Å². The fourth-order valence-corrected chi connectivity index (χ4v) is 2.79. The van der Waals surface area contributed by atoms with Crippen molar-refractivity contribution in [1.29, 1.82) is 5.41 Å². The van der Waals surface area contributed by atoms with Crippen molar-refractivity contribution in [1.82, 2.24) is 15.0 Å². The van der Waals surface area contributed by atoms with Crippen molar-refractivity contribution in [3.05, 3.63) is 35.9 Å². The molecule has 8 heteroatoms. The Morgan fingerprint density at radius 3 is 2.88 bits per heavy atom. The number of rotatable bonds is 5. The molecule has 3 heterocycles. The number of morpholine rings is 1. The van der Waals surface area contributed by atoms with Gasteiger partial charge in [0.05, 0.1) is 42.1 Å². The monoisotopic (exact) mass is 356 g/mol. The quantitative estimate of drug-likeness (QED) is 0.787. The van der Waals surface area contributed by atoms with Gasteiger partial charge in [0.2, 0.25) is 5.88 Å². The topological polar surface area (TPSA) is 110 Å². The molecule has 1 aliphatic heterocycles. The summed E-state index contributed by atoms with van der Waals surface area (Å²) in [6, 6.07) is 3.49. The van der Waals surface area contributed by atoms with Crippen LogP contribution >= 0.6 is 0 Å². The van der Waals surface area contributed by atoms with Crippen molar-refractivity contribution in [2.45, 2.75) is 33.0 Å². The summed E-state index contributed by atoms with van der Waals surface area (Å²) < 4.78 is 11.2. The van der Waals surface area contributed by atoms with Crippen LogP contribution in [-0.4, -0.2) is 52.6 Å². The van der Waals surface area contributed by atoms with E-state index < -0.39 is 0 Å². The summed E-state index contributed by atoms with van der Waals surface area (Å²) in [4.78, 5) is 14.9. The molecule has 8 nitrogen and oxygen atoms in total. The van der Waals surface area contributed by atoms with E-state index in [0.29, 0.717) is 29.4 Å². The lowest BCUT2D eigenvalue weighted by Crippen LogP contribution is -2.41. The normalized spacial score (nSPS) is 17.4. The highest BCUT2D eigenvalue weighted by molar-refractivity contribution is 6.13. The van der Waals surface area contributed by atoms with Crippen LogP contribution in [0.15, 0.2) is 24.7 Å². The molecule has 2 aromatic rings. The predicted octanol–water partition coefficient (Wildman–Crippen LogP) is 1.88. The number of nitrogens with zero attached hydrogens (tertiary/aromatic N) is 4. The summed E-state index contributed by atoms with van der Waals surface area (Å²) in [6.45, 7) is 8.05. The van der Waals surface area contributed by atoms with Crippen LogP contribution in [0.1, 0.15) is 32.0 Å². The average molecular weight is 356 g/mol. The van der Waals surface area contributed by atoms with Gasteiger partial charge in [0.15, 0.2) is 0 Å². The van der Waals surface area contributed by atoms with Crippen molar-refractivity contribution >= 4 is 17.2 Å². The minimum Gasteiger partial charge on any atom is -0.475 e. The molecule has 3 N–H and O–H groups in total. The summed E-state index contributed by atoms with van der Waals surface area (Å²) in [5.41, 5.74) is 7.69. The van der Waals surface area contributed by atoms with Gasteiger partial charge in [0, 0.05) is 30.8 Å². The molecule has 1 fully saturated rings. The molecule has 0 radical (unpaired) electrons. The third-order valence-electron chi connectivity index (χ3n) is 4.01. The van der Waals surface area contributed by atoms with E-state index in [-0.39, 0.29) is 17.9 Å². The molecule has 0 saturated carbocycles. The maximum atomic E-state index is 8.54. The van der Waals surface area contributed by atoms with Gasteiger partial charge in [0.25, 0.3) is 0 Å². The van der Waals surface area contributed by atoms with E-state index in [9.17, 15) is 0 Å². The fraction of sp³-hybridized carbons (Fsp3) is 0.444. The Labute approximate surface area is 152 Å². The van der Waals surface area contributed by atoms with Crippen LogP contribution in [0.25, 0.3) is 0 Å². The number of aromatic nitrogens is 3. The van der Waals surface area contributed by atoms with Gasteiger partial charge < -0.3 is 20.1 Å². The molecule has 0 spiro atoms. The first-order valence-electron chi connectivity index (χ1n) is 8.64. The van der Waals surface area contributed by atoms with E-state index in [1.165, 1.54) is 12.5 Å². The first-order chi connectivity index (χ1) is 12.4. The Balaban J connectivity index is 1.87. The van der Waals surface area contributed by atoms with Crippen LogP contribution in [0.4, 0.5) is 11.5 Å². The third-order valence-corrected chi connectivity index (χ3v) is 4.01. The number of ether oxygens (including phenoxy) is 2. The third kappa shape index (κ3) is 4.08. The molecule has 26 heavy (non-hydrogen) atoms. The van der Waals surface area contributed by atoms with Crippen LogP contribution < -0.4 is 15.4 Å². The summed E-state index contributed by atoms with van der Waals surface area (Å²) in [7, 11) is 0. The van der Waals surface area contributed by atoms with E-state index in [1.807, 2.05) is 26.8 Å². The summed E-state index contributed by atoms with van der Waals surface area (Å²) >= 11 is 0. The van der Waals surface area contributed by atoms with Crippen LogP contribution in [0, 0.1) is 5.41 Å². The minimum atomic E-state index is -0.0119. The molecule has 2 aromatic heterocycles. The molecule has 138 valence electrons. The second kappa shape index (κ2) is 7.65. The van der Waals surface area contributed by atoms with E-state index >= 15 is 0 Å². The summed E-state index contributed by atoms with van der Waals surface area (Å²) in [5.74, 6) is 1.21. The Morgan fingerprint density at radius 2 is 2.15 bits per heavy atom. The highest BCUT2D eigenvalue weighted by Crippen LogP contribution is 2.22. The molecule has 1 unspecified atom stereocenters. The SMILES string of the molecule is CC(C)Oc1cc(C(=N)c2cc(N3CCOC(C)C3)ncn2)c(N)cn1. The number of pyridine rings is 1. The van der Waals surface area contributed by atoms with E-state index in [1.54, 1.807) is 6.07 Å². The second-order valence-electron chi connectivity index (χ2n) is 6.54. The summed E-state index contributed by atoms with van der Waals surface area (Å²) in [5, 5.41) is 8.54. The van der Waals surface area contributed by atoms with Crippen LogP contribution in [-0.2, 0) is 4.74 Å². The lowest BCUT2D eigenvalue weighted by atomic mass is 10.1. The van der Waals surface area contributed by atoms with Crippen molar-refractivity contribution in [2.75, 3.05) is 30.3 Å². The van der Waals surface area contributed by atoms with Gasteiger partial charge in [-0.1, -0.05) is 0 Å². The van der Waals surface area contributed by atoms with Crippen molar-refractivity contribution in [3.8, 4) is 5.88 Å². The van der Waals surface area contributed by atoms with E-state index in [0.717, 1.165) is 18.9 Å². The molecular weight excluding hydrogens is 332 g/mol. The van der Waals surface area contributed by atoms with Gasteiger partial charge in [-0.2, -0.15) is 0 Å². The Bertz CT molecular complexity index is 795. The van der Waals surface area contributed by atoms with Gasteiger partial charge in [-0.15, -0.1) is 0 Å². The molecular formula is C18H24N6O2. The molecule has 1 aliphatic rings. The number of nitrogens with two attached hydrogens (primary N) is 1. The van der Waals surface area contributed by atoms with E-state index in [4.69, 9.17) is 20.6 Å². The number of hydrogen-bond acceptors (Lipinski definition) is 8. The van der Waals surface area contributed by atoms with Crippen LogP contribution in [0.5, 0.6) is 5.88 Å². The smallest absolute Gasteiger partial charge is 0.214 e. The van der Waals surface area contributed by atoms with E-state index in [2.05, 4.69) is 19.9 Å². The second-order valence-corrected chi connectivity index (χ2v) is 6.54. The Morgan fingerprint density at radius 1 is 1.35 bits per heavy atom. The standard InChI is InChI=1S/C18H24N6O2/c1-11(2)26-17-6-13(14(19)8-21-17)18(20)15-7-16(23-10-22-15)24-4-5-25-12(3)9-24/h6-8,10-12,20H,4-5,9,19H2,1-3H3. The maximum Gasteiger partial charge on any atom is 0.214 e. The lowest BCUT2D eigenvalue weighted by Gasteiger charge is -2.32. The zero-order chi connectivity index (χ0) is 18.7. The number of nitrogen functional groups attached to an aromatic ring is 1. The van der Waals surface area contributed by atoms with Crippen molar-refractivity contribution in [3.63, 3.8) is 0 Å². The zero-order valence-corrected chi connectivity index (χ0v) is 15.3. The number of nitrogens with one attached hydrogen (secondary N) is 1. The molecule has 0 amide bonds. The Kier molecular flexibility index (Phi) is 5.32. The highest BCUT2D eigenvalue weighted by Gasteiger charge is 2.20. The molecule has 0 bridgehead atoms. The first kappa shape index (κ1) is 18.1. The zero-order valence-electron chi connectivity index (χ0n) is 15.3. The number of anilines is 2. The van der Waals surface area contributed by atoms with Gasteiger partial charge in [0.1, 0.15) is 12.1 Å². The van der Waals surface area contributed by atoms with Gasteiger partial charge in [-0.3, -0.25) is 5.41 Å². The minimum absolute atomic E-state index is 0.0119. The van der Waals surface area contributed by atoms with Crippen molar-refractivity contribution in [2.24, 2.45) is 0 Å². The first-order valence-corrected chi connectivity index (χ1v) is 8.64. The fourth-order valence-electron chi connectivity index (χ4n) is 2.79. The molecule has 3 rings (SSSR count). The van der Waals surface area contributed by atoms with Crippen molar-refractivity contribution < 1.29 is 9.47 Å². The lowest BCUT2D eigenvalue weighted by molar-refractivity contribution is 0.0529. The van der Waals surface area contributed by atoms with Gasteiger partial charge in [-0.05, 0) is 20.8 Å². The maximum absolute atomic E-state index is 8.54. The van der Waals surface area contributed by atoms with Gasteiger partial charge in [-0.25, -0.2) is 15.0 Å². The largest absolute Gasteiger partial charge is 0.475 e. The Hall–Kier alpha value is -2.74. The molecule has 0 aromatic carbocycles. The van der Waals surface area contributed by atoms with Gasteiger partial charge >= 0.3 is 0 Å². The summed E-state index contributed by atoms with van der Waals surface area (Å²) in [6.07, 6.45) is 3.12. The number of hydrogen-bond donors (Lipinski definition) is 2. The molecule has 1 atom stereocenters. The highest BCUT2D eigenvalue weighted by atomic mass is 16.5. The molecule has 0 aliphatic carbocycles.